The maximum atomic E-state index is 6.26. The average Bonchev–Trinajstić information content (AvgIpc) is 2.83. The molecule has 0 saturated carbocycles. The van der Waals surface area contributed by atoms with Crippen molar-refractivity contribution in [3.63, 3.8) is 0 Å². The molecule has 0 saturated heterocycles. The van der Waals surface area contributed by atoms with Crippen LogP contribution >= 0.6 is 46.1 Å². The molecule has 0 spiro atoms. The first-order chi connectivity index (χ1) is 10.0. The van der Waals surface area contributed by atoms with Crippen molar-refractivity contribution in [1.29, 1.82) is 0 Å². The molecule has 0 bridgehead atoms. The number of aromatic nitrogens is 1. The molecule has 0 unspecified atom stereocenters. The summed E-state index contributed by atoms with van der Waals surface area (Å²) in [7, 11) is 1.94. The number of nitrogens with zero attached hydrogens (tertiary/aromatic N) is 2. The fourth-order valence-electron chi connectivity index (χ4n) is 1.84. The summed E-state index contributed by atoms with van der Waals surface area (Å²) in [5.74, 6) is 1.36. The van der Waals surface area contributed by atoms with Gasteiger partial charge in [0.1, 0.15) is 11.6 Å². The van der Waals surface area contributed by atoms with E-state index in [0.717, 1.165) is 22.2 Å². The molecule has 1 N–H and O–H groups in total. The number of hydrogen-bond donors (Lipinski definition) is 1. The molecule has 0 fully saturated rings. The monoisotopic (exact) mass is 363 g/mol. The Morgan fingerprint density at radius 1 is 1.24 bits per heavy atom. The van der Waals surface area contributed by atoms with Gasteiger partial charge in [-0.3, -0.25) is 0 Å². The lowest BCUT2D eigenvalue weighted by molar-refractivity contribution is 0.907. The molecule has 0 aliphatic rings. The molecular formula is C14H16Cl3N3S. The Balaban J connectivity index is 2.20. The van der Waals surface area contributed by atoms with Crippen LogP contribution < -0.4 is 10.2 Å². The number of hydrogen-bond acceptors (Lipinski definition) is 4. The number of halogens is 3. The molecule has 0 atom stereocenters. The van der Waals surface area contributed by atoms with E-state index >= 15 is 0 Å². The number of nitrogens with one attached hydrogen (secondary N) is 1. The smallest absolute Gasteiger partial charge is 0.150 e. The maximum Gasteiger partial charge on any atom is 0.150 e. The van der Waals surface area contributed by atoms with E-state index in [1.807, 2.05) is 24.1 Å². The van der Waals surface area contributed by atoms with Gasteiger partial charge in [0.2, 0.25) is 0 Å². The third kappa shape index (κ3) is 4.39. The summed E-state index contributed by atoms with van der Waals surface area (Å²) in [6.07, 6.45) is 1.000. The summed E-state index contributed by atoms with van der Waals surface area (Å²) >= 11 is 19.9. The number of rotatable bonds is 6. The van der Waals surface area contributed by atoms with Crippen molar-refractivity contribution >= 4 is 57.8 Å². The summed E-state index contributed by atoms with van der Waals surface area (Å²) < 4.78 is 0.777. The summed E-state index contributed by atoms with van der Waals surface area (Å²) in [5, 5.41) is 4.27. The second-order valence-corrected chi connectivity index (χ2v) is 7.23. The molecule has 0 aliphatic heterocycles. The van der Waals surface area contributed by atoms with E-state index in [2.05, 4.69) is 17.2 Å². The van der Waals surface area contributed by atoms with Gasteiger partial charge in [0.05, 0.1) is 20.9 Å². The first-order valence-electron chi connectivity index (χ1n) is 6.56. The van der Waals surface area contributed by atoms with Crippen LogP contribution in [0.1, 0.15) is 18.2 Å². The van der Waals surface area contributed by atoms with E-state index in [-0.39, 0.29) is 0 Å². The molecule has 2 rings (SSSR count). The van der Waals surface area contributed by atoms with E-state index in [0.29, 0.717) is 28.2 Å². The molecule has 114 valence electrons. The standard InChI is InChI=1S/C14H16Cl3N3S/c1-3-6-18-13-10(15)7-11(16)14(19-13)20(2)8-9-4-5-12(17)21-9/h4-5,7H,3,6,8H2,1-2H3,(H,18,19). The zero-order valence-electron chi connectivity index (χ0n) is 11.8. The Morgan fingerprint density at radius 3 is 2.62 bits per heavy atom. The second-order valence-electron chi connectivity index (χ2n) is 4.61. The van der Waals surface area contributed by atoms with Gasteiger partial charge in [0.15, 0.2) is 0 Å². The van der Waals surface area contributed by atoms with Crippen LogP contribution in [0.15, 0.2) is 18.2 Å². The van der Waals surface area contributed by atoms with Gasteiger partial charge < -0.3 is 10.2 Å². The fourth-order valence-corrected chi connectivity index (χ4v) is 3.55. The summed E-state index contributed by atoms with van der Waals surface area (Å²) in [5.41, 5.74) is 0. The Hall–Kier alpha value is -0.680. The van der Waals surface area contributed by atoms with Crippen molar-refractivity contribution in [3.05, 3.63) is 37.5 Å². The van der Waals surface area contributed by atoms with Crippen LogP contribution in [-0.2, 0) is 6.54 Å². The van der Waals surface area contributed by atoms with Gasteiger partial charge in [-0.25, -0.2) is 4.98 Å². The molecule has 7 heteroatoms. The molecule has 0 aromatic carbocycles. The maximum absolute atomic E-state index is 6.26. The Labute approximate surface area is 143 Å². The first kappa shape index (κ1) is 16.7. The molecule has 2 aromatic rings. The summed E-state index contributed by atoms with van der Waals surface area (Å²) in [4.78, 5) is 7.67. The highest BCUT2D eigenvalue weighted by atomic mass is 35.5. The van der Waals surface area contributed by atoms with E-state index < -0.39 is 0 Å². The van der Waals surface area contributed by atoms with E-state index in [1.165, 1.54) is 0 Å². The third-order valence-corrected chi connectivity index (χ3v) is 4.62. The van der Waals surface area contributed by atoms with Crippen LogP contribution in [0.2, 0.25) is 14.4 Å². The van der Waals surface area contributed by atoms with Crippen molar-refractivity contribution in [1.82, 2.24) is 4.98 Å². The lowest BCUT2D eigenvalue weighted by atomic mass is 10.3. The number of anilines is 2. The van der Waals surface area contributed by atoms with E-state index in [9.17, 15) is 0 Å². The van der Waals surface area contributed by atoms with Crippen LogP contribution in [0.4, 0.5) is 11.6 Å². The van der Waals surface area contributed by atoms with Gasteiger partial charge in [-0.1, -0.05) is 41.7 Å². The van der Waals surface area contributed by atoms with Gasteiger partial charge in [0, 0.05) is 18.5 Å². The lowest BCUT2D eigenvalue weighted by Gasteiger charge is -2.20. The van der Waals surface area contributed by atoms with Crippen molar-refractivity contribution in [2.45, 2.75) is 19.9 Å². The normalized spacial score (nSPS) is 10.7. The second kappa shape index (κ2) is 7.54. The summed E-state index contributed by atoms with van der Waals surface area (Å²) in [6.45, 7) is 3.60. The minimum atomic E-state index is 0.532. The van der Waals surface area contributed by atoms with Crippen LogP contribution in [0.3, 0.4) is 0 Å². The summed E-state index contributed by atoms with van der Waals surface area (Å²) in [6, 6.07) is 5.62. The van der Waals surface area contributed by atoms with Crippen LogP contribution in [0.25, 0.3) is 0 Å². The predicted molar refractivity (Wildman–Crippen MR) is 94.5 cm³/mol. The Morgan fingerprint density at radius 2 is 2.00 bits per heavy atom. The molecule has 0 amide bonds. The topological polar surface area (TPSA) is 28.2 Å². The predicted octanol–water partition coefficient (Wildman–Crippen LogP) is 5.56. The van der Waals surface area contributed by atoms with Crippen molar-refractivity contribution < 1.29 is 0 Å². The largest absolute Gasteiger partial charge is 0.369 e. The van der Waals surface area contributed by atoms with Crippen LogP contribution in [0, 0.1) is 0 Å². The Kier molecular flexibility index (Phi) is 5.99. The molecule has 2 heterocycles. The van der Waals surface area contributed by atoms with Crippen molar-refractivity contribution in [2.75, 3.05) is 23.8 Å². The van der Waals surface area contributed by atoms with Gasteiger partial charge in [-0.15, -0.1) is 11.3 Å². The van der Waals surface area contributed by atoms with Gasteiger partial charge in [-0.05, 0) is 24.6 Å². The molecule has 0 aliphatic carbocycles. The first-order valence-corrected chi connectivity index (χ1v) is 8.51. The fraction of sp³-hybridized carbons (Fsp3) is 0.357. The molecular weight excluding hydrogens is 349 g/mol. The van der Waals surface area contributed by atoms with Gasteiger partial charge >= 0.3 is 0 Å². The van der Waals surface area contributed by atoms with Crippen LogP contribution in [0.5, 0.6) is 0 Å². The Bertz CT molecular complexity index is 616. The van der Waals surface area contributed by atoms with E-state index in [4.69, 9.17) is 34.8 Å². The molecule has 3 nitrogen and oxygen atoms in total. The highest BCUT2D eigenvalue weighted by Crippen LogP contribution is 2.32. The quantitative estimate of drug-likeness (QED) is 0.727. The molecule has 21 heavy (non-hydrogen) atoms. The average molecular weight is 365 g/mol. The van der Waals surface area contributed by atoms with Crippen molar-refractivity contribution in [2.24, 2.45) is 0 Å². The van der Waals surface area contributed by atoms with Gasteiger partial charge in [-0.2, -0.15) is 0 Å². The third-order valence-electron chi connectivity index (χ3n) is 2.84. The minimum Gasteiger partial charge on any atom is -0.369 e. The lowest BCUT2D eigenvalue weighted by Crippen LogP contribution is -2.18. The van der Waals surface area contributed by atoms with Crippen molar-refractivity contribution in [3.8, 4) is 0 Å². The highest BCUT2D eigenvalue weighted by Gasteiger charge is 2.14. The zero-order valence-corrected chi connectivity index (χ0v) is 14.9. The molecule has 0 radical (unpaired) electrons. The zero-order chi connectivity index (χ0) is 15.4. The van der Waals surface area contributed by atoms with E-state index in [1.54, 1.807) is 17.4 Å². The van der Waals surface area contributed by atoms with Gasteiger partial charge in [0.25, 0.3) is 0 Å². The minimum absolute atomic E-state index is 0.532. The number of pyridine rings is 1. The van der Waals surface area contributed by atoms with Crippen LogP contribution in [-0.4, -0.2) is 18.6 Å². The highest BCUT2D eigenvalue weighted by molar-refractivity contribution is 7.16. The number of thiophene rings is 1. The SMILES string of the molecule is CCCNc1nc(N(C)Cc2ccc(Cl)s2)c(Cl)cc1Cl. The molecule has 2 aromatic heterocycles.